The van der Waals surface area contributed by atoms with Crippen LogP contribution in [-0.4, -0.2) is 25.2 Å². The number of esters is 1. The maximum Gasteiger partial charge on any atom is 0.323 e. The number of hydrogen-bond acceptors (Lipinski definition) is 3. The van der Waals surface area contributed by atoms with Crippen LogP contribution in [0.1, 0.15) is 53.4 Å². The van der Waals surface area contributed by atoms with Crippen molar-refractivity contribution in [2.45, 2.75) is 65.5 Å². The van der Waals surface area contributed by atoms with E-state index in [-0.39, 0.29) is 17.9 Å². The van der Waals surface area contributed by atoms with Crippen molar-refractivity contribution in [3.05, 3.63) is 0 Å². The zero-order valence-electron chi connectivity index (χ0n) is 12.5. The minimum atomic E-state index is -0.157. The van der Waals surface area contributed by atoms with Gasteiger partial charge in [0.25, 0.3) is 0 Å². The van der Waals surface area contributed by atoms with Gasteiger partial charge in [-0.25, -0.2) is 0 Å². The number of carbonyl (C=O) groups is 1. The first-order chi connectivity index (χ1) is 8.45. The van der Waals surface area contributed by atoms with Gasteiger partial charge >= 0.3 is 5.97 Å². The molecule has 0 aliphatic heterocycles. The fourth-order valence-electron chi connectivity index (χ4n) is 2.87. The highest BCUT2D eigenvalue weighted by Crippen LogP contribution is 2.30. The largest absolute Gasteiger partial charge is 0.468 e. The molecular weight excluding hydrogens is 226 g/mol. The fraction of sp³-hybridized carbons (Fsp3) is 0.933. The van der Waals surface area contributed by atoms with E-state index in [2.05, 4.69) is 33.0 Å². The van der Waals surface area contributed by atoms with E-state index in [0.717, 1.165) is 11.8 Å². The van der Waals surface area contributed by atoms with Crippen molar-refractivity contribution in [1.29, 1.82) is 0 Å². The molecule has 1 rings (SSSR count). The third kappa shape index (κ3) is 4.27. The van der Waals surface area contributed by atoms with E-state index in [0.29, 0.717) is 6.04 Å². The van der Waals surface area contributed by atoms with E-state index >= 15 is 0 Å². The van der Waals surface area contributed by atoms with Gasteiger partial charge in [0.15, 0.2) is 0 Å². The Hall–Kier alpha value is -0.570. The normalized spacial score (nSPS) is 26.4. The highest BCUT2D eigenvalue weighted by molar-refractivity contribution is 5.75. The summed E-state index contributed by atoms with van der Waals surface area (Å²) in [4.78, 5) is 11.7. The highest BCUT2D eigenvalue weighted by Gasteiger charge is 2.29. The monoisotopic (exact) mass is 255 g/mol. The quantitative estimate of drug-likeness (QED) is 0.768. The second-order valence-corrected chi connectivity index (χ2v) is 6.27. The van der Waals surface area contributed by atoms with E-state index in [1.807, 2.05) is 0 Å². The topological polar surface area (TPSA) is 38.3 Å². The maximum atomic E-state index is 11.7. The number of methoxy groups -OCH3 is 1. The number of rotatable bonds is 5. The third-order valence-electron chi connectivity index (χ3n) is 4.25. The summed E-state index contributed by atoms with van der Waals surface area (Å²) in [7, 11) is 1.47. The van der Waals surface area contributed by atoms with E-state index in [4.69, 9.17) is 4.74 Å². The summed E-state index contributed by atoms with van der Waals surface area (Å²) in [6.07, 6.45) is 4.93. The van der Waals surface area contributed by atoms with Crippen molar-refractivity contribution in [3.63, 3.8) is 0 Å². The molecule has 0 spiro atoms. The van der Waals surface area contributed by atoms with Crippen LogP contribution in [-0.2, 0) is 9.53 Å². The molecule has 0 radical (unpaired) electrons. The molecule has 0 unspecified atom stereocenters. The molecule has 1 N–H and O–H groups in total. The summed E-state index contributed by atoms with van der Waals surface area (Å²) < 4.78 is 4.87. The predicted molar refractivity (Wildman–Crippen MR) is 74.4 cm³/mol. The first-order valence-electron chi connectivity index (χ1n) is 7.29. The molecule has 0 aromatic heterocycles. The van der Waals surface area contributed by atoms with Gasteiger partial charge in [0.1, 0.15) is 6.04 Å². The summed E-state index contributed by atoms with van der Waals surface area (Å²) >= 11 is 0. The van der Waals surface area contributed by atoms with Crippen LogP contribution in [0.2, 0.25) is 0 Å². The molecule has 0 amide bonds. The average Bonchev–Trinajstić information content (AvgIpc) is 2.35. The van der Waals surface area contributed by atoms with Crippen molar-refractivity contribution in [2.75, 3.05) is 7.11 Å². The fourth-order valence-corrected chi connectivity index (χ4v) is 2.87. The zero-order valence-corrected chi connectivity index (χ0v) is 12.5. The van der Waals surface area contributed by atoms with Gasteiger partial charge < -0.3 is 10.1 Å². The molecule has 1 fully saturated rings. The number of carbonyl (C=O) groups excluding carboxylic acids is 1. The van der Waals surface area contributed by atoms with Crippen LogP contribution in [0.25, 0.3) is 0 Å². The van der Waals surface area contributed by atoms with E-state index in [1.54, 1.807) is 0 Å². The van der Waals surface area contributed by atoms with Crippen LogP contribution in [0.15, 0.2) is 0 Å². The number of ether oxygens (including phenoxy) is 1. The zero-order chi connectivity index (χ0) is 13.7. The Morgan fingerprint density at radius 2 is 1.67 bits per heavy atom. The molecule has 0 aromatic rings. The molecule has 106 valence electrons. The smallest absolute Gasteiger partial charge is 0.323 e. The number of hydrogen-bond donors (Lipinski definition) is 1. The Labute approximate surface area is 112 Å². The van der Waals surface area contributed by atoms with E-state index in [1.165, 1.54) is 32.8 Å². The van der Waals surface area contributed by atoms with Crippen molar-refractivity contribution in [3.8, 4) is 0 Å². The molecular formula is C15H29NO2. The molecule has 0 saturated heterocycles. The van der Waals surface area contributed by atoms with Gasteiger partial charge in [-0.15, -0.1) is 0 Å². The van der Waals surface area contributed by atoms with Crippen LogP contribution in [0, 0.1) is 17.8 Å². The lowest BCUT2D eigenvalue weighted by molar-refractivity contribution is -0.144. The van der Waals surface area contributed by atoms with Crippen molar-refractivity contribution >= 4 is 5.97 Å². The molecule has 0 bridgehead atoms. The van der Waals surface area contributed by atoms with Crippen molar-refractivity contribution in [2.24, 2.45) is 17.8 Å². The first kappa shape index (κ1) is 15.5. The van der Waals surface area contributed by atoms with Crippen LogP contribution in [0.5, 0.6) is 0 Å². The average molecular weight is 255 g/mol. The highest BCUT2D eigenvalue weighted by atomic mass is 16.5. The third-order valence-corrected chi connectivity index (χ3v) is 4.25. The Balaban J connectivity index is 2.45. The van der Waals surface area contributed by atoms with Gasteiger partial charge in [-0.3, -0.25) is 4.79 Å². The van der Waals surface area contributed by atoms with Crippen LogP contribution in [0.4, 0.5) is 0 Å². The van der Waals surface area contributed by atoms with Gasteiger partial charge in [-0.1, -0.05) is 27.7 Å². The van der Waals surface area contributed by atoms with Crippen LogP contribution in [0.3, 0.4) is 0 Å². The van der Waals surface area contributed by atoms with Gasteiger partial charge in [0.2, 0.25) is 0 Å². The molecule has 1 aliphatic rings. The first-order valence-corrected chi connectivity index (χ1v) is 7.29. The molecule has 0 heterocycles. The molecule has 3 heteroatoms. The molecule has 1 atom stereocenters. The van der Waals surface area contributed by atoms with E-state index in [9.17, 15) is 4.79 Å². The predicted octanol–water partition coefficient (Wildman–Crippen LogP) is 2.99. The Bertz CT molecular complexity index is 255. The second kappa shape index (κ2) is 7.13. The van der Waals surface area contributed by atoms with Crippen LogP contribution < -0.4 is 5.32 Å². The lowest BCUT2D eigenvalue weighted by Gasteiger charge is -2.34. The van der Waals surface area contributed by atoms with E-state index < -0.39 is 0 Å². The van der Waals surface area contributed by atoms with Gasteiger partial charge in [0.05, 0.1) is 7.11 Å². The Morgan fingerprint density at radius 1 is 1.11 bits per heavy atom. The number of nitrogens with one attached hydrogen (secondary N) is 1. The molecule has 3 nitrogen and oxygen atoms in total. The minimum absolute atomic E-state index is 0.129. The van der Waals surface area contributed by atoms with Gasteiger partial charge in [-0.05, 0) is 43.4 Å². The van der Waals surface area contributed by atoms with Crippen molar-refractivity contribution in [1.82, 2.24) is 5.32 Å². The second-order valence-electron chi connectivity index (χ2n) is 6.27. The Kier molecular flexibility index (Phi) is 6.13. The van der Waals surface area contributed by atoms with Crippen molar-refractivity contribution < 1.29 is 9.53 Å². The lowest BCUT2D eigenvalue weighted by atomic mass is 9.79. The summed E-state index contributed by atoms with van der Waals surface area (Å²) in [5.74, 6) is 1.79. The van der Waals surface area contributed by atoms with Gasteiger partial charge in [-0.2, -0.15) is 0 Å². The maximum absolute atomic E-state index is 11.7. The summed E-state index contributed by atoms with van der Waals surface area (Å²) in [6.45, 7) is 8.75. The standard InChI is InChI=1S/C15H29NO2/c1-10(2)12-6-8-13(9-7-12)16-14(11(3)4)15(17)18-5/h10-14,16H,6-9H2,1-5H3/t12?,13?,14-/m0/s1. The molecule has 18 heavy (non-hydrogen) atoms. The SMILES string of the molecule is COC(=O)[C@@H](NC1CCC(C(C)C)CC1)C(C)C. The summed E-state index contributed by atoms with van der Waals surface area (Å²) in [6, 6.07) is 0.321. The van der Waals surface area contributed by atoms with Crippen LogP contribution >= 0.6 is 0 Å². The molecule has 1 saturated carbocycles. The minimum Gasteiger partial charge on any atom is -0.468 e. The Morgan fingerprint density at radius 3 is 2.06 bits per heavy atom. The molecule has 0 aromatic carbocycles. The molecule has 1 aliphatic carbocycles. The van der Waals surface area contributed by atoms with Gasteiger partial charge in [0, 0.05) is 6.04 Å². The summed E-state index contributed by atoms with van der Waals surface area (Å²) in [5, 5.41) is 3.49. The summed E-state index contributed by atoms with van der Waals surface area (Å²) in [5.41, 5.74) is 0. The lowest BCUT2D eigenvalue weighted by Crippen LogP contribution is -2.48.